The first kappa shape index (κ1) is 8.52. The molecule has 0 aliphatic carbocycles. The molecule has 0 unspecified atom stereocenters. The highest BCUT2D eigenvalue weighted by Crippen LogP contribution is 2.42. The number of hydrogen-bond donors (Lipinski definition) is 0. The third-order valence-corrected chi connectivity index (χ3v) is 3.35. The molecule has 70 valence electrons. The monoisotopic (exact) mass is 170 g/mol. The largest absolute Gasteiger partial charge is 0.375 e. The molecule has 2 saturated heterocycles. The molecule has 2 nitrogen and oxygen atoms in total. The molecule has 0 aromatic carbocycles. The fourth-order valence-corrected chi connectivity index (χ4v) is 2.35. The van der Waals surface area contributed by atoms with E-state index in [0.717, 1.165) is 19.6 Å². The summed E-state index contributed by atoms with van der Waals surface area (Å²) in [5.74, 6) is 1.28. The van der Waals surface area contributed by atoms with Crippen LogP contribution >= 0.6 is 0 Å². The topological polar surface area (TPSA) is 18.5 Å². The van der Waals surface area contributed by atoms with Gasteiger partial charge in [-0.05, 0) is 12.8 Å². The van der Waals surface area contributed by atoms with Crippen molar-refractivity contribution in [2.75, 3.05) is 13.2 Å². The molecule has 12 heavy (non-hydrogen) atoms. The maximum absolute atomic E-state index is 5.81. The first-order chi connectivity index (χ1) is 5.63. The van der Waals surface area contributed by atoms with Gasteiger partial charge in [0.15, 0.2) is 0 Å². The molecule has 2 heterocycles. The van der Waals surface area contributed by atoms with Crippen LogP contribution in [0.15, 0.2) is 0 Å². The Morgan fingerprint density at radius 2 is 2.17 bits per heavy atom. The van der Waals surface area contributed by atoms with Gasteiger partial charge in [-0.3, -0.25) is 0 Å². The molecule has 0 N–H and O–H groups in total. The molecule has 0 aromatic rings. The lowest BCUT2D eigenvalue weighted by Crippen LogP contribution is -2.35. The molecule has 0 radical (unpaired) electrons. The Hall–Kier alpha value is -0.0800. The quantitative estimate of drug-likeness (QED) is 0.598. The van der Waals surface area contributed by atoms with Gasteiger partial charge in [0.25, 0.3) is 0 Å². The van der Waals surface area contributed by atoms with E-state index in [9.17, 15) is 0 Å². The summed E-state index contributed by atoms with van der Waals surface area (Å²) in [5, 5.41) is 0. The first-order valence-electron chi connectivity index (χ1n) is 4.89. The van der Waals surface area contributed by atoms with Crippen LogP contribution in [0.5, 0.6) is 0 Å². The fourth-order valence-electron chi connectivity index (χ4n) is 2.35. The second kappa shape index (κ2) is 2.71. The molecule has 0 bridgehead atoms. The average molecular weight is 170 g/mol. The number of hydrogen-bond acceptors (Lipinski definition) is 2. The van der Waals surface area contributed by atoms with Gasteiger partial charge in [-0.15, -0.1) is 0 Å². The van der Waals surface area contributed by atoms with Crippen LogP contribution in [0.2, 0.25) is 0 Å². The summed E-state index contributed by atoms with van der Waals surface area (Å²) in [6.45, 7) is 8.46. The van der Waals surface area contributed by atoms with Crippen LogP contribution in [0.4, 0.5) is 0 Å². The van der Waals surface area contributed by atoms with Gasteiger partial charge in [0, 0.05) is 18.9 Å². The zero-order valence-electron chi connectivity index (χ0n) is 8.17. The minimum absolute atomic E-state index is 0.0366. The van der Waals surface area contributed by atoms with Gasteiger partial charge in [0.1, 0.15) is 0 Å². The fraction of sp³-hybridized carbons (Fsp3) is 1.00. The molecule has 0 spiro atoms. The minimum Gasteiger partial charge on any atom is -0.375 e. The molecule has 2 fully saturated rings. The second-order valence-electron chi connectivity index (χ2n) is 4.57. The summed E-state index contributed by atoms with van der Waals surface area (Å²) in [5.41, 5.74) is 0.0366. The molecule has 2 aliphatic rings. The van der Waals surface area contributed by atoms with Crippen LogP contribution in [-0.4, -0.2) is 24.9 Å². The Morgan fingerprint density at radius 1 is 1.42 bits per heavy atom. The van der Waals surface area contributed by atoms with Crippen molar-refractivity contribution >= 4 is 0 Å². The molecule has 2 aliphatic heterocycles. The highest BCUT2D eigenvalue weighted by molar-refractivity contribution is 4.99. The lowest BCUT2D eigenvalue weighted by Gasteiger charge is -2.24. The lowest BCUT2D eigenvalue weighted by molar-refractivity contribution is -0.00875. The number of ether oxygens (including phenoxy) is 2. The SMILES string of the molecule is CC(C)[C@H]1CO[C@]2(C)CCO[C@H]12. The van der Waals surface area contributed by atoms with Crippen molar-refractivity contribution in [3.8, 4) is 0 Å². The van der Waals surface area contributed by atoms with Crippen molar-refractivity contribution in [3.05, 3.63) is 0 Å². The van der Waals surface area contributed by atoms with Crippen molar-refractivity contribution in [2.45, 2.75) is 38.9 Å². The maximum Gasteiger partial charge on any atom is 0.0940 e. The summed E-state index contributed by atoms with van der Waals surface area (Å²) in [7, 11) is 0. The van der Waals surface area contributed by atoms with Crippen LogP contribution in [0.25, 0.3) is 0 Å². The molecular weight excluding hydrogens is 152 g/mol. The summed E-state index contributed by atoms with van der Waals surface area (Å²) in [6, 6.07) is 0. The predicted octanol–water partition coefficient (Wildman–Crippen LogP) is 1.84. The second-order valence-corrected chi connectivity index (χ2v) is 4.57. The molecule has 0 amide bonds. The molecule has 3 atom stereocenters. The van der Waals surface area contributed by atoms with E-state index in [1.54, 1.807) is 0 Å². The highest BCUT2D eigenvalue weighted by Gasteiger charge is 2.51. The van der Waals surface area contributed by atoms with E-state index in [0.29, 0.717) is 17.9 Å². The van der Waals surface area contributed by atoms with Crippen molar-refractivity contribution < 1.29 is 9.47 Å². The molecule has 0 saturated carbocycles. The third kappa shape index (κ3) is 1.09. The van der Waals surface area contributed by atoms with Gasteiger partial charge in [0.05, 0.1) is 18.3 Å². The average Bonchev–Trinajstić information content (AvgIpc) is 2.43. The summed E-state index contributed by atoms with van der Waals surface area (Å²) < 4.78 is 11.5. The van der Waals surface area contributed by atoms with Crippen LogP contribution in [-0.2, 0) is 9.47 Å². The van der Waals surface area contributed by atoms with Gasteiger partial charge in [0.2, 0.25) is 0 Å². The van der Waals surface area contributed by atoms with Crippen LogP contribution in [0, 0.1) is 11.8 Å². The normalized spacial score (nSPS) is 47.0. The minimum atomic E-state index is 0.0366. The smallest absolute Gasteiger partial charge is 0.0940 e. The summed E-state index contributed by atoms with van der Waals surface area (Å²) in [4.78, 5) is 0. The first-order valence-corrected chi connectivity index (χ1v) is 4.89. The maximum atomic E-state index is 5.81. The van der Waals surface area contributed by atoms with Gasteiger partial charge in [-0.2, -0.15) is 0 Å². The Bertz CT molecular complexity index is 179. The summed E-state index contributed by atoms with van der Waals surface area (Å²) >= 11 is 0. The van der Waals surface area contributed by atoms with E-state index in [4.69, 9.17) is 9.47 Å². The van der Waals surface area contributed by atoms with Gasteiger partial charge >= 0.3 is 0 Å². The van der Waals surface area contributed by atoms with Crippen LogP contribution in [0.3, 0.4) is 0 Å². The highest BCUT2D eigenvalue weighted by atomic mass is 16.6. The molecule has 2 rings (SSSR count). The number of rotatable bonds is 1. The third-order valence-electron chi connectivity index (χ3n) is 3.35. The molecular formula is C10H18O2. The Morgan fingerprint density at radius 3 is 2.83 bits per heavy atom. The Balaban J connectivity index is 2.13. The zero-order chi connectivity index (χ0) is 8.77. The van der Waals surface area contributed by atoms with E-state index >= 15 is 0 Å². The summed E-state index contributed by atoms with van der Waals surface area (Å²) in [6.07, 6.45) is 1.43. The lowest BCUT2D eigenvalue weighted by atomic mass is 9.85. The van der Waals surface area contributed by atoms with Gasteiger partial charge in [-0.1, -0.05) is 13.8 Å². The number of fused-ring (bicyclic) bond motifs is 1. The van der Waals surface area contributed by atoms with Crippen molar-refractivity contribution in [1.29, 1.82) is 0 Å². The Kier molecular flexibility index (Phi) is 1.92. The van der Waals surface area contributed by atoms with Gasteiger partial charge < -0.3 is 9.47 Å². The van der Waals surface area contributed by atoms with Crippen molar-refractivity contribution in [2.24, 2.45) is 11.8 Å². The molecule has 2 heteroatoms. The van der Waals surface area contributed by atoms with E-state index in [2.05, 4.69) is 20.8 Å². The van der Waals surface area contributed by atoms with Gasteiger partial charge in [-0.25, -0.2) is 0 Å². The predicted molar refractivity (Wildman–Crippen MR) is 47.0 cm³/mol. The van der Waals surface area contributed by atoms with Crippen molar-refractivity contribution in [1.82, 2.24) is 0 Å². The van der Waals surface area contributed by atoms with Crippen molar-refractivity contribution in [3.63, 3.8) is 0 Å². The van der Waals surface area contributed by atoms with E-state index in [1.165, 1.54) is 0 Å². The zero-order valence-corrected chi connectivity index (χ0v) is 8.17. The van der Waals surface area contributed by atoms with Crippen LogP contribution < -0.4 is 0 Å². The van der Waals surface area contributed by atoms with E-state index < -0.39 is 0 Å². The van der Waals surface area contributed by atoms with Crippen LogP contribution in [0.1, 0.15) is 27.2 Å². The standard InChI is InChI=1S/C10H18O2/c1-7(2)8-6-12-10(3)4-5-11-9(8)10/h7-9H,4-6H2,1-3H3/t8-,9-,10-/m1/s1. The van der Waals surface area contributed by atoms with E-state index in [-0.39, 0.29) is 5.60 Å². The molecule has 0 aromatic heterocycles. The Labute approximate surface area is 74.2 Å². The van der Waals surface area contributed by atoms with E-state index in [1.807, 2.05) is 0 Å².